The number of likely N-dealkylation sites (tertiary alicyclic amines) is 1. The molecule has 5 heteroatoms. The van der Waals surface area contributed by atoms with Crippen molar-refractivity contribution in [1.82, 2.24) is 9.88 Å². The summed E-state index contributed by atoms with van der Waals surface area (Å²) in [5.41, 5.74) is 3.47. The van der Waals surface area contributed by atoms with Gasteiger partial charge in [-0.15, -0.1) is 25.3 Å². The molecule has 2 atom stereocenters. The Bertz CT molecular complexity index is 675. The summed E-state index contributed by atoms with van der Waals surface area (Å²) in [6, 6.07) is 6.65. The molecule has 1 fully saturated rings. The standard InChI is InChI=1S/C17H23BN2S2/c1-4-11-5-6-15-13(7-11)14(10-19-15)12-8-16(2,18)20(3)17(21,22)9-12/h5-7,10,12,19,21-22H,4,8-9H2,1-3H3. The highest BCUT2D eigenvalue weighted by Gasteiger charge is 2.44. The third-order valence-corrected chi connectivity index (χ3v) is 6.07. The van der Waals surface area contributed by atoms with Crippen molar-refractivity contribution in [1.29, 1.82) is 0 Å². The number of hydrogen-bond donors (Lipinski definition) is 3. The molecular weight excluding hydrogens is 307 g/mol. The van der Waals surface area contributed by atoms with E-state index in [1.165, 1.54) is 22.0 Å². The summed E-state index contributed by atoms with van der Waals surface area (Å²) in [6.45, 7) is 4.25. The van der Waals surface area contributed by atoms with Crippen LogP contribution in [0.4, 0.5) is 0 Å². The average molecular weight is 330 g/mol. The van der Waals surface area contributed by atoms with Crippen molar-refractivity contribution in [2.75, 3.05) is 7.05 Å². The Labute approximate surface area is 145 Å². The first-order valence-corrected chi connectivity index (χ1v) is 8.71. The van der Waals surface area contributed by atoms with Crippen LogP contribution < -0.4 is 0 Å². The van der Waals surface area contributed by atoms with Gasteiger partial charge in [-0.05, 0) is 60.9 Å². The van der Waals surface area contributed by atoms with Gasteiger partial charge in [0.25, 0.3) is 0 Å². The Morgan fingerprint density at radius 3 is 2.73 bits per heavy atom. The SMILES string of the molecule is [B]C1(C)CC(c2c[nH]c3ccc(CC)cc23)CC(S)(S)N1C. The number of piperidine rings is 1. The summed E-state index contributed by atoms with van der Waals surface area (Å²) in [6.07, 6.45) is 4.95. The van der Waals surface area contributed by atoms with Crippen LogP contribution in [-0.4, -0.2) is 34.4 Å². The maximum Gasteiger partial charge on any atom is 0.108 e. The summed E-state index contributed by atoms with van der Waals surface area (Å²) in [7, 11) is 8.51. The third kappa shape index (κ3) is 2.72. The van der Waals surface area contributed by atoms with E-state index in [0.717, 1.165) is 19.3 Å². The van der Waals surface area contributed by atoms with Gasteiger partial charge in [-0.3, -0.25) is 4.90 Å². The first kappa shape index (κ1) is 16.3. The predicted octanol–water partition coefficient (Wildman–Crippen LogP) is 3.94. The summed E-state index contributed by atoms with van der Waals surface area (Å²) in [5.74, 6) is 0.349. The van der Waals surface area contributed by atoms with Crippen molar-refractivity contribution in [2.45, 2.75) is 48.7 Å². The largest absolute Gasteiger partial charge is 0.361 e. The van der Waals surface area contributed by atoms with Crippen LogP contribution in [0.25, 0.3) is 10.9 Å². The van der Waals surface area contributed by atoms with Gasteiger partial charge in [0.2, 0.25) is 0 Å². The molecule has 0 saturated carbocycles. The molecule has 1 aromatic heterocycles. The number of aromatic nitrogens is 1. The molecule has 3 rings (SSSR count). The highest BCUT2D eigenvalue weighted by Crippen LogP contribution is 2.48. The zero-order valence-corrected chi connectivity index (χ0v) is 15.2. The molecule has 0 amide bonds. The zero-order valence-electron chi connectivity index (χ0n) is 13.4. The highest BCUT2D eigenvalue weighted by atomic mass is 32.2. The van der Waals surface area contributed by atoms with E-state index in [1.54, 1.807) is 0 Å². The van der Waals surface area contributed by atoms with E-state index in [2.05, 4.69) is 48.1 Å². The number of H-pyrrole nitrogens is 1. The monoisotopic (exact) mass is 330 g/mol. The smallest absolute Gasteiger partial charge is 0.108 e. The number of rotatable bonds is 2. The van der Waals surface area contributed by atoms with Gasteiger partial charge in [0, 0.05) is 17.1 Å². The van der Waals surface area contributed by atoms with Crippen molar-refractivity contribution < 1.29 is 0 Å². The molecule has 2 heterocycles. The summed E-state index contributed by atoms with van der Waals surface area (Å²) in [4.78, 5) is 5.46. The van der Waals surface area contributed by atoms with Crippen molar-refractivity contribution in [3.8, 4) is 0 Å². The molecule has 22 heavy (non-hydrogen) atoms. The van der Waals surface area contributed by atoms with Crippen LogP contribution in [-0.2, 0) is 6.42 Å². The van der Waals surface area contributed by atoms with E-state index < -0.39 is 9.64 Å². The van der Waals surface area contributed by atoms with Crippen molar-refractivity contribution in [3.05, 3.63) is 35.5 Å². The molecule has 2 unspecified atom stereocenters. The van der Waals surface area contributed by atoms with E-state index in [9.17, 15) is 0 Å². The molecule has 0 bridgehead atoms. The van der Waals surface area contributed by atoms with Gasteiger partial charge < -0.3 is 4.98 Å². The van der Waals surface area contributed by atoms with Crippen molar-refractivity contribution in [3.63, 3.8) is 0 Å². The molecule has 1 N–H and O–H groups in total. The highest BCUT2D eigenvalue weighted by molar-refractivity contribution is 8.00. The average Bonchev–Trinajstić information content (AvgIpc) is 2.86. The summed E-state index contributed by atoms with van der Waals surface area (Å²) >= 11 is 9.50. The molecule has 116 valence electrons. The number of thiol groups is 2. The molecule has 1 aliphatic heterocycles. The van der Waals surface area contributed by atoms with Crippen LogP contribution in [0, 0.1) is 0 Å². The lowest BCUT2D eigenvalue weighted by Gasteiger charge is -2.52. The number of benzene rings is 1. The lowest BCUT2D eigenvalue weighted by Crippen LogP contribution is -2.57. The fourth-order valence-corrected chi connectivity index (χ4v) is 4.45. The van der Waals surface area contributed by atoms with Crippen LogP contribution in [0.15, 0.2) is 24.4 Å². The van der Waals surface area contributed by atoms with Gasteiger partial charge in [-0.1, -0.05) is 19.9 Å². The van der Waals surface area contributed by atoms with E-state index in [-0.39, 0.29) is 0 Å². The molecule has 2 nitrogen and oxygen atoms in total. The topological polar surface area (TPSA) is 19.0 Å². The fraction of sp³-hybridized carbons (Fsp3) is 0.529. The third-order valence-electron chi connectivity index (χ3n) is 5.11. The minimum Gasteiger partial charge on any atom is -0.361 e. The Morgan fingerprint density at radius 1 is 1.36 bits per heavy atom. The summed E-state index contributed by atoms with van der Waals surface area (Å²) < 4.78 is -0.502. The molecule has 0 aliphatic carbocycles. The van der Waals surface area contributed by atoms with Crippen LogP contribution in [0.2, 0.25) is 0 Å². The van der Waals surface area contributed by atoms with Crippen LogP contribution in [0.3, 0.4) is 0 Å². The zero-order chi connectivity index (χ0) is 16.1. The number of nitrogens with one attached hydrogen (secondary N) is 1. The second kappa shape index (κ2) is 5.54. The van der Waals surface area contributed by atoms with E-state index in [4.69, 9.17) is 33.1 Å². The van der Waals surface area contributed by atoms with Gasteiger partial charge in [0.1, 0.15) is 4.20 Å². The predicted molar refractivity (Wildman–Crippen MR) is 102 cm³/mol. The molecule has 2 aromatic rings. The molecular formula is C17H23BN2S2. The number of fused-ring (bicyclic) bond motifs is 1. The van der Waals surface area contributed by atoms with Gasteiger partial charge in [-0.2, -0.15) is 0 Å². The number of hydrogen-bond acceptors (Lipinski definition) is 3. The Morgan fingerprint density at radius 2 is 2.09 bits per heavy atom. The molecule has 1 aliphatic rings. The quantitative estimate of drug-likeness (QED) is 0.433. The minimum absolute atomic E-state index is 0.349. The first-order chi connectivity index (χ1) is 10.2. The first-order valence-electron chi connectivity index (χ1n) is 7.82. The van der Waals surface area contributed by atoms with Crippen LogP contribution in [0.1, 0.15) is 43.7 Å². The van der Waals surface area contributed by atoms with Crippen molar-refractivity contribution in [2.24, 2.45) is 0 Å². The molecule has 2 radical (unpaired) electrons. The lowest BCUT2D eigenvalue weighted by atomic mass is 9.67. The number of aromatic amines is 1. The van der Waals surface area contributed by atoms with Gasteiger partial charge in [0.05, 0.1) is 7.85 Å². The Kier molecular flexibility index (Phi) is 4.11. The minimum atomic E-state index is -0.502. The van der Waals surface area contributed by atoms with E-state index in [1.807, 2.05) is 7.05 Å². The van der Waals surface area contributed by atoms with E-state index in [0.29, 0.717) is 5.92 Å². The lowest BCUT2D eigenvalue weighted by molar-refractivity contribution is 0.114. The molecule has 1 saturated heterocycles. The normalized spacial score (nSPS) is 29.0. The van der Waals surface area contributed by atoms with Gasteiger partial charge in [0.15, 0.2) is 0 Å². The van der Waals surface area contributed by atoms with Crippen LogP contribution in [0.5, 0.6) is 0 Å². The molecule has 1 aromatic carbocycles. The maximum atomic E-state index is 6.51. The molecule has 0 spiro atoms. The second-order valence-corrected chi connectivity index (χ2v) is 8.61. The number of nitrogens with zero attached hydrogens (tertiary/aromatic N) is 1. The van der Waals surface area contributed by atoms with Crippen molar-refractivity contribution >= 4 is 44.0 Å². The van der Waals surface area contributed by atoms with Gasteiger partial charge >= 0.3 is 0 Å². The Balaban J connectivity index is 2.04. The maximum absolute atomic E-state index is 6.51. The van der Waals surface area contributed by atoms with Crippen LogP contribution >= 0.6 is 25.3 Å². The Hall–Kier alpha value is -0.515. The second-order valence-electron chi connectivity index (χ2n) is 6.77. The summed E-state index contributed by atoms with van der Waals surface area (Å²) in [5, 5.41) is 1.31. The number of aryl methyl sites for hydroxylation is 1. The van der Waals surface area contributed by atoms with Gasteiger partial charge in [-0.25, -0.2) is 0 Å². The van der Waals surface area contributed by atoms with E-state index >= 15 is 0 Å². The fourth-order valence-electron chi connectivity index (χ4n) is 3.55.